The maximum absolute atomic E-state index is 14.4. The molecule has 0 bridgehead atoms. The fourth-order valence-electron chi connectivity index (χ4n) is 4.03. The van der Waals surface area contributed by atoms with Crippen LogP contribution in [0.3, 0.4) is 0 Å². The van der Waals surface area contributed by atoms with Crippen molar-refractivity contribution in [3.63, 3.8) is 0 Å². The van der Waals surface area contributed by atoms with Crippen molar-refractivity contribution in [1.82, 2.24) is 15.1 Å². The van der Waals surface area contributed by atoms with Gasteiger partial charge in [-0.2, -0.15) is 0 Å². The molecular weight excluding hydrogens is 387 g/mol. The van der Waals surface area contributed by atoms with Gasteiger partial charge in [-0.3, -0.25) is 9.69 Å². The molecule has 2 saturated heterocycles. The van der Waals surface area contributed by atoms with Crippen LogP contribution in [0.25, 0.3) is 0 Å². The molecule has 7 nitrogen and oxygen atoms in total. The van der Waals surface area contributed by atoms with Gasteiger partial charge in [0.1, 0.15) is 5.82 Å². The molecule has 30 heavy (non-hydrogen) atoms. The molecule has 2 heterocycles. The molecule has 1 N–H and O–H groups in total. The number of ether oxygens (including phenoxy) is 1. The highest BCUT2D eigenvalue weighted by Gasteiger charge is 2.25. The summed E-state index contributed by atoms with van der Waals surface area (Å²) in [5.74, 6) is 0.0513. The van der Waals surface area contributed by atoms with Gasteiger partial charge in [0.2, 0.25) is 0 Å². The second kappa shape index (κ2) is 10.2. The van der Waals surface area contributed by atoms with Crippen molar-refractivity contribution in [2.45, 2.75) is 26.9 Å². The van der Waals surface area contributed by atoms with Crippen LogP contribution in [0, 0.1) is 11.7 Å². The third kappa shape index (κ3) is 5.92. The molecular formula is C22H33FN4O3. The summed E-state index contributed by atoms with van der Waals surface area (Å²) in [7, 11) is 0. The monoisotopic (exact) mass is 420 g/mol. The Morgan fingerprint density at radius 3 is 2.57 bits per heavy atom. The van der Waals surface area contributed by atoms with E-state index in [1.165, 1.54) is 13.0 Å². The van der Waals surface area contributed by atoms with Crippen molar-refractivity contribution in [2.75, 3.05) is 63.9 Å². The number of Topliss-reactive ketones (excluding diaryl/α,β-unsaturated/α-hetero) is 1. The van der Waals surface area contributed by atoms with Crippen molar-refractivity contribution < 1.29 is 18.7 Å². The van der Waals surface area contributed by atoms with Crippen molar-refractivity contribution in [3.05, 3.63) is 29.6 Å². The Morgan fingerprint density at radius 2 is 1.93 bits per heavy atom. The van der Waals surface area contributed by atoms with E-state index < -0.39 is 5.82 Å². The molecule has 2 fully saturated rings. The number of ketones is 1. The fraction of sp³-hybridized carbons (Fsp3) is 0.636. The summed E-state index contributed by atoms with van der Waals surface area (Å²) in [5, 5.41) is 2.99. The van der Waals surface area contributed by atoms with Crippen molar-refractivity contribution in [2.24, 2.45) is 5.92 Å². The summed E-state index contributed by atoms with van der Waals surface area (Å²) < 4.78 is 20.2. The standard InChI is InChI=1S/C22H33FN4O3/c1-16(2)14-25-10-11-30-19(15-25)13-24-22(29)27-8-6-26(7-9-27)21-5-4-18(17(3)28)12-20(21)23/h4-5,12,16,19H,6-11,13-15H2,1-3H3,(H,24,29). The molecule has 1 aromatic rings. The summed E-state index contributed by atoms with van der Waals surface area (Å²) in [4.78, 5) is 30.0. The fourth-order valence-corrected chi connectivity index (χ4v) is 4.03. The van der Waals surface area contributed by atoms with Crippen LogP contribution in [-0.2, 0) is 4.74 Å². The van der Waals surface area contributed by atoms with Crippen molar-refractivity contribution >= 4 is 17.5 Å². The normalized spacial score (nSPS) is 20.5. The van der Waals surface area contributed by atoms with Crippen molar-refractivity contribution in [3.8, 4) is 0 Å². The largest absolute Gasteiger partial charge is 0.374 e. The Balaban J connectivity index is 1.45. The first-order chi connectivity index (χ1) is 14.3. The van der Waals surface area contributed by atoms with Gasteiger partial charge in [0.25, 0.3) is 0 Å². The molecule has 0 aromatic heterocycles. The summed E-state index contributed by atoms with van der Waals surface area (Å²) in [5.41, 5.74) is 0.840. The molecule has 0 saturated carbocycles. The summed E-state index contributed by atoms with van der Waals surface area (Å²) in [6.07, 6.45) is 0.0108. The van der Waals surface area contributed by atoms with Crippen LogP contribution in [0.15, 0.2) is 18.2 Å². The number of rotatable bonds is 6. The lowest BCUT2D eigenvalue weighted by molar-refractivity contribution is -0.0294. The Morgan fingerprint density at radius 1 is 1.20 bits per heavy atom. The minimum Gasteiger partial charge on any atom is -0.374 e. The molecule has 0 spiro atoms. The van der Waals surface area contributed by atoms with Crippen LogP contribution in [0.1, 0.15) is 31.1 Å². The van der Waals surface area contributed by atoms with Gasteiger partial charge < -0.3 is 19.9 Å². The zero-order valence-electron chi connectivity index (χ0n) is 18.2. The number of hydrogen-bond acceptors (Lipinski definition) is 5. The number of nitrogens with zero attached hydrogens (tertiary/aromatic N) is 3. The van der Waals surface area contributed by atoms with Gasteiger partial charge in [-0.1, -0.05) is 13.8 Å². The molecule has 8 heteroatoms. The lowest BCUT2D eigenvalue weighted by Gasteiger charge is -2.37. The topological polar surface area (TPSA) is 65.1 Å². The van der Waals surface area contributed by atoms with Gasteiger partial charge in [0, 0.05) is 57.9 Å². The smallest absolute Gasteiger partial charge is 0.317 e. The van der Waals surface area contributed by atoms with Crippen LogP contribution in [-0.4, -0.2) is 86.7 Å². The van der Waals surface area contributed by atoms with Gasteiger partial charge in [-0.05, 0) is 31.0 Å². The summed E-state index contributed by atoms with van der Waals surface area (Å²) in [6, 6.07) is 4.47. The lowest BCUT2D eigenvalue weighted by Crippen LogP contribution is -2.54. The minimum atomic E-state index is -0.402. The molecule has 166 valence electrons. The first-order valence-corrected chi connectivity index (χ1v) is 10.8. The van der Waals surface area contributed by atoms with Gasteiger partial charge in [0.15, 0.2) is 5.78 Å². The van der Waals surface area contributed by atoms with E-state index in [4.69, 9.17) is 4.74 Å². The van der Waals surface area contributed by atoms with Crippen LogP contribution >= 0.6 is 0 Å². The van der Waals surface area contributed by atoms with E-state index in [1.807, 2.05) is 4.90 Å². The van der Waals surface area contributed by atoms with E-state index in [-0.39, 0.29) is 17.9 Å². The van der Waals surface area contributed by atoms with Crippen LogP contribution in [0.5, 0.6) is 0 Å². The Bertz CT molecular complexity index is 750. The van der Waals surface area contributed by atoms with E-state index in [1.54, 1.807) is 17.0 Å². The average molecular weight is 421 g/mol. The summed E-state index contributed by atoms with van der Waals surface area (Å²) >= 11 is 0. The van der Waals surface area contributed by atoms with Gasteiger partial charge in [0.05, 0.1) is 18.4 Å². The molecule has 0 aliphatic carbocycles. The quantitative estimate of drug-likeness (QED) is 0.715. The summed E-state index contributed by atoms with van der Waals surface area (Å²) in [6.45, 7) is 12.0. The van der Waals surface area contributed by atoms with Crippen LogP contribution < -0.4 is 10.2 Å². The van der Waals surface area contributed by atoms with E-state index in [0.717, 1.165) is 19.6 Å². The van der Waals surface area contributed by atoms with Crippen LogP contribution in [0.4, 0.5) is 14.9 Å². The number of urea groups is 1. The average Bonchev–Trinajstić information content (AvgIpc) is 2.72. The highest BCUT2D eigenvalue weighted by Crippen LogP contribution is 2.22. The van der Waals surface area contributed by atoms with E-state index in [0.29, 0.717) is 56.5 Å². The molecule has 1 atom stereocenters. The molecule has 1 unspecified atom stereocenters. The maximum Gasteiger partial charge on any atom is 0.317 e. The van der Waals surface area contributed by atoms with E-state index in [2.05, 4.69) is 24.1 Å². The number of anilines is 1. The predicted octanol–water partition coefficient (Wildman–Crippen LogP) is 2.22. The third-order valence-electron chi connectivity index (χ3n) is 5.59. The van der Waals surface area contributed by atoms with Crippen LogP contribution in [0.2, 0.25) is 0 Å². The maximum atomic E-state index is 14.4. The van der Waals surface area contributed by atoms with Gasteiger partial charge in [-0.25, -0.2) is 9.18 Å². The molecule has 2 aliphatic heterocycles. The highest BCUT2D eigenvalue weighted by atomic mass is 19.1. The number of piperazine rings is 1. The Labute approximate surface area is 178 Å². The first kappa shape index (κ1) is 22.5. The highest BCUT2D eigenvalue weighted by molar-refractivity contribution is 5.94. The van der Waals surface area contributed by atoms with Crippen molar-refractivity contribution in [1.29, 1.82) is 0 Å². The molecule has 3 rings (SSSR count). The minimum absolute atomic E-state index is 0.0108. The number of morpholine rings is 1. The number of amides is 2. The zero-order valence-corrected chi connectivity index (χ0v) is 18.2. The molecule has 1 aromatic carbocycles. The Kier molecular flexibility index (Phi) is 7.66. The van der Waals surface area contributed by atoms with Gasteiger partial charge in [-0.15, -0.1) is 0 Å². The number of nitrogens with one attached hydrogen (secondary N) is 1. The lowest BCUT2D eigenvalue weighted by atomic mass is 10.1. The first-order valence-electron chi connectivity index (χ1n) is 10.8. The van der Waals surface area contributed by atoms with E-state index in [9.17, 15) is 14.0 Å². The molecule has 2 amide bonds. The SMILES string of the molecule is CC(=O)c1ccc(N2CCN(C(=O)NCC3CN(CC(C)C)CCO3)CC2)c(F)c1. The second-order valence-electron chi connectivity index (χ2n) is 8.53. The second-order valence-corrected chi connectivity index (χ2v) is 8.53. The number of halogens is 1. The number of carbonyl (C=O) groups is 2. The Hall–Kier alpha value is -2.19. The number of benzene rings is 1. The number of hydrogen-bond donors (Lipinski definition) is 1. The molecule has 2 aliphatic rings. The molecule has 0 radical (unpaired) electrons. The zero-order chi connectivity index (χ0) is 21.7. The van der Waals surface area contributed by atoms with Gasteiger partial charge >= 0.3 is 6.03 Å². The van der Waals surface area contributed by atoms with E-state index >= 15 is 0 Å². The predicted molar refractivity (Wildman–Crippen MR) is 115 cm³/mol. The number of carbonyl (C=O) groups excluding carboxylic acids is 2. The third-order valence-corrected chi connectivity index (χ3v) is 5.59.